The summed E-state index contributed by atoms with van der Waals surface area (Å²) in [5.74, 6) is 1.33. The highest BCUT2D eigenvalue weighted by Crippen LogP contribution is 2.33. The Labute approximate surface area is 136 Å². The number of benzene rings is 1. The van der Waals surface area contributed by atoms with Crippen LogP contribution < -0.4 is 0 Å². The van der Waals surface area contributed by atoms with Gasteiger partial charge < -0.3 is 9.64 Å². The SMILES string of the molecule is O=C(C1CCOC1)N1C[C@H]2CN(Cc3cccc(F)c3)C[C@H]2C1. The lowest BCUT2D eigenvalue weighted by Crippen LogP contribution is -2.37. The van der Waals surface area contributed by atoms with Crippen molar-refractivity contribution in [2.45, 2.75) is 13.0 Å². The van der Waals surface area contributed by atoms with E-state index in [1.54, 1.807) is 12.1 Å². The second kappa shape index (κ2) is 6.21. The zero-order valence-corrected chi connectivity index (χ0v) is 13.3. The number of ether oxygens (including phenoxy) is 1. The van der Waals surface area contributed by atoms with Gasteiger partial charge in [-0.1, -0.05) is 12.1 Å². The van der Waals surface area contributed by atoms with Gasteiger partial charge in [-0.25, -0.2) is 4.39 Å². The predicted octanol–water partition coefficient (Wildman–Crippen LogP) is 1.75. The minimum absolute atomic E-state index is 0.0808. The first-order chi connectivity index (χ1) is 11.2. The molecule has 1 unspecified atom stereocenters. The van der Waals surface area contributed by atoms with E-state index in [9.17, 15) is 9.18 Å². The van der Waals surface area contributed by atoms with Crippen molar-refractivity contribution in [3.8, 4) is 0 Å². The molecule has 0 aromatic heterocycles. The second-order valence-electron chi connectivity index (χ2n) is 7.15. The fourth-order valence-electron chi connectivity index (χ4n) is 4.28. The lowest BCUT2D eigenvalue weighted by molar-refractivity contribution is -0.134. The highest BCUT2D eigenvalue weighted by atomic mass is 19.1. The first-order valence-corrected chi connectivity index (χ1v) is 8.52. The van der Waals surface area contributed by atoms with Crippen LogP contribution in [-0.2, 0) is 16.1 Å². The van der Waals surface area contributed by atoms with Gasteiger partial charge in [-0.3, -0.25) is 9.69 Å². The van der Waals surface area contributed by atoms with Gasteiger partial charge in [-0.15, -0.1) is 0 Å². The van der Waals surface area contributed by atoms with Gasteiger partial charge in [0.25, 0.3) is 0 Å². The van der Waals surface area contributed by atoms with E-state index in [2.05, 4.69) is 4.90 Å². The van der Waals surface area contributed by atoms with Crippen molar-refractivity contribution >= 4 is 5.91 Å². The molecular weight excluding hydrogens is 295 g/mol. The average molecular weight is 318 g/mol. The van der Waals surface area contributed by atoms with E-state index in [0.29, 0.717) is 18.4 Å². The Bertz CT molecular complexity index is 574. The maximum atomic E-state index is 13.3. The van der Waals surface area contributed by atoms with Crippen molar-refractivity contribution in [1.82, 2.24) is 9.80 Å². The lowest BCUT2D eigenvalue weighted by atomic mass is 10.0. The molecule has 0 spiro atoms. The van der Waals surface area contributed by atoms with Gasteiger partial charge in [-0.05, 0) is 36.0 Å². The van der Waals surface area contributed by atoms with E-state index in [1.807, 2.05) is 11.0 Å². The number of hydrogen-bond donors (Lipinski definition) is 0. The van der Waals surface area contributed by atoms with Crippen molar-refractivity contribution in [3.63, 3.8) is 0 Å². The van der Waals surface area contributed by atoms with E-state index in [4.69, 9.17) is 4.74 Å². The summed E-state index contributed by atoms with van der Waals surface area (Å²) < 4.78 is 18.6. The van der Waals surface area contributed by atoms with Crippen molar-refractivity contribution in [2.75, 3.05) is 39.4 Å². The fraction of sp³-hybridized carbons (Fsp3) is 0.611. The number of nitrogens with zero attached hydrogens (tertiary/aromatic N) is 2. The molecule has 1 amide bonds. The van der Waals surface area contributed by atoms with Gasteiger partial charge in [0, 0.05) is 39.3 Å². The predicted molar refractivity (Wildman–Crippen MR) is 84.2 cm³/mol. The standard InChI is InChI=1S/C18H23FN2O2/c19-17-3-1-2-13(6-17)7-20-8-15-10-21(11-16(15)9-20)18(22)14-4-5-23-12-14/h1-3,6,14-16H,4-5,7-12H2/t14?,15-,16+. The van der Waals surface area contributed by atoms with Crippen molar-refractivity contribution < 1.29 is 13.9 Å². The first kappa shape index (κ1) is 15.1. The minimum Gasteiger partial charge on any atom is -0.381 e. The molecule has 3 aliphatic rings. The van der Waals surface area contributed by atoms with Crippen LogP contribution in [0, 0.1) is 23.6 Å². The van der Waals surface area contributed by atoms with Gasteiger partial charge in [0.1, 0.15) is 5.82 Å². The Morgan fingerprint density at radius 2 is 2.00 bits per heavy atom. The van der Waals surface area contributed by atoms with Crippen LogP contribution >= 0.6 is 0 Å². The van der Waals surface area contributed by atoms with E-state index >= 15 is 0 Å². The van der Waals surface area contributed by atoms with E-state index < -0.39 is 0 Å². The molecule has 0 bridgehead atoms. The highest BCUT2D eigenvalue weighted by molar-refractivity contribution is 5.79. The van der Waals surface area contributed by atoms with Crippen LogP contribution in [0.15, 0.2) is 24.3 Å². The third-order valence-electron chi connectivity index (χ3n) is 5.45. The fourth-order valence-corrected chi connectivity index (χ4v) is 4.28. The van der Waals surface area contributed by atoms with Crippen LogP contribution in [0.2, 0.25) is 0 Å². The molecule has 1 aromatic rings. The molecule has 4 rings (SSSR count). The van der Waals surface area contributed by atoms with Crippen LogP contribution in [0.5, 0.6) is 0 Å². The molecule has 1 aromatic carbocycles. The van der Waals surface area contributed by atoms with Crippen LogP contribution in [0.1, 0.15) is 12.0 Å². The van der Waals surface area contributed by atoms with Crippen molar-refractivity contribution in [2.24, 2.45) is 17.8 Å². The average Bonchev–Trinajstić information content (AvgIpc) is 3.22. The molecule has 3 saturated heterocycles. The molecule has 23 heavy (non-hydrogen) atoms. The molecule has 0 radical (unpaired) electrons. The van der Waals surface area contributed by atoms with Crippen LogP contribution in [0.4, 0.5) is 4.39 Å². The normalized spacial score (nSPS) is 30.8. The highest BCUT2D eigenvalue weighted by Gasteiger charge is 2.43. The monoisotopic (exact) mass is 318 g/mol. The van der Waals surface area contributed by atoms with Crippen molar-refractivity contribution in [1.29, 1.82) is 0 Å². The number of fused-ring (bicyclic) bond motifs is 1. The molecule has 3 atom stereocenters. The topological polar surface area (TPSA) is 32.8 Å². The van der Waals surface area contributed by atoms with Crippen LogP contribution in [0.25, 0.3) is 0 Å². The van der Waals surface area contributed by atoms with Gasteiger partial charge in [-0.2, -0.15) is 0 Å². The zero-order chi connectivity index (χ0) is 15.8. The number of halogens is 1. The number of amides is 1. The molecule has 3 fully saturated rings. The first-order valence-electron chi connectivity index (χ1n) is 8.52. The Hall–Kier alpha value is -1.46. The molecular formula is C18H23FN2O2. The Kier molecular flexibility index (Phi) is 4.07. The third-order valence-corrected chi connectivity index (χ3v) is 5.45. The van der Waals surface area contributed by atoms with Gasteiger partial charge in [0.15, 0.2) is 0 Å². The molecule has 124 valence electrons. The summed E-state index contributed by atoms with van der Waals surface area (Å²) in [5.41, 5.74) is 1.03. The molecule has 4 nitrogen and oxygen atoms in total. The van der Waals surface area contributed by atoms with E-state index in [1.165, 1.54) is 6.07 Å². The van der Waals surface area contributed by atoms with Gasteiger partial charge >= 0.3 is 0 Å². The quantitative estimate of drug-likeness (QED) is 0.851. The molecule has 0 saturated carbocycles. The summed E-state index contributed by atoms with van der Waals surface area (Å²) in [6.07, 6.45) is 0.871. The third kappa shape index (κ3) is 3.12. The summed E-state index contributed by atoms with van der Waals surface area (Å²) in [7, 11) is 0. The number of rotatable bonds is 3. The zero-order valence-electron chi connectivity index (χ0n) is 13.3. The summed E-state index contributed by atoms with van der Waals surface area (Å²) in [4.78, 5) is 16.9. The van der Waals surface area contributed by atoms with Crippen LogP contribution in [0.3, 0.4) is 0 Å². The molecule has 0 aliphatic carbocycles. The van der Waals surface area contributed by atoms with Gasteiger partial charge in [0.2, 0.25) is 5.91 Å². The summed E-state index contributed by atoms with van der Waals surface area (Å²) in [6.45, 7) is 5.88. The number of carbonyl (C=O) groups excluding carboxylic acids is 1. The second-order valence-corrected chi connectivity index (χ2v) is 7.15. The Morgan fingerprint density at radius 3 is 2.65 bits per heavy atom. The lowest BCUT2D eigenvalue weighted by Gasteiger charge is -2.23. The Balaban J connectivity index is 1.32. The number of likely N-dealkylation sites (tertiary alicyclic amines) is 2. The van der Waals surface area contributed by atoms with Crippen LogP contribution in [-0.4, -0.2) is 55.1 Å². The van der Waals surface area contributed by atoms with Crippen molar-refractivity contribution in [3.05, 3.63) is 35.6 Å². The maximum Gasteiger partial charge on any atom is 0.228 e. The number of hydrogen-bond acceptors (Lipinski definition) is 3. The molecule has 5 heteroatoms. The Morgan fingerprint density at radius 1 is 1.22 bits per heavy atom. The summed E-state index contributed by atoms with van der Waals surface area (Å²) >= 11 is 0. The maximum absolute atomic E-state index is 13.3. The summed E-state index contributed by atoms with van der Waals surface area (Å²) in [6, 6.07) is 6.85. The van der Waals surface area contributed by atoms with E-state index in [-0.39, 0.29) is 17.6 Å². The minimum atomic E-state index is -0.169. The molecule has 3 heterocycles. The smallest absolute Gasteiger partial charge is 0.228 e. The largest absolute Gasteiger partial charge is 0.381 e. The van der Waals surface area contributed by atoms with E-state index in [0.717, 1.165) is 51.3 Å². The summed E-state index contributed by atoms with van der Waals surface area (Å²) in [5, 5.41) is 0. The molecule has 3 aliphatic heterocycles. The number of carbonyl (C=O) groups is 1. The van der Waals surface area contributed by atoms with Gasteiger partial charge in [0.05, 0.1) is 12.5 Å². The molecule has 0 N–H and O–H groups in total.